The van der Waals surface area contributed by atoms with Crippen LogP contribution in [0.5, 0.6) is 0 Å². The molecule has 0 fully saturated rings. The van der Waals surface area contributed by atoms with Crippen molar-refractivity contribution in [2.75, 3.05) is 0 Å². The summed E-state index contributed by atoms with van der Waals surface area (Å²) in [6, 6.07) is 22.4. The number of aryl methyl sites for hydroxylation is 1. The molecule has 0 saturated carbocycles. The number of pyridine rings is 1. The van der Waals surface area contributed by atoms with Crippen LogP contribution in [0.4, 0.5) is 0 Å². The molecule has 0 N–H and O–H groups in total. The summed E-state index contributed by atoms with van der Waals surface area (Å²) in [4.78, 5) is 9.26. The molecule has 2 aromatic carbocycles. The minimum atomic E-state index is 0. The van der Waals surface area contributed by atoms with Crippen LogP contribution in [0.3, 0.4) is 0 Å². The highest BCUT2D eigenvalue weighted by Gasteiger charge is 2.10. The number of halogens is 1. The number of hydrogen-bond donors (Lipinski definition) is 0. The molecule has 0 aliphatic heterocycles. The van der Waals surface area contributed by atoms with Gasteiger partial charge in [-0.05, 0) is 48.4 Å². The fourth-order valence-corrected chi connectivity index (χ4v) is 2.82. The van der Waals surface area contributed by atoms with Crippen LogP contribution in [0.1, 0.15) is 17.0 Å². The van der Waals surface area contributed by atoms with Gasteiger partial charge in [-0.1, -0.05) is 48.5 Å². The Morgan fingerprint density at radius 3 is 2.40 bits per heavy atom. The molecule has 0 aliphatic carbocycles. The molecule has 4 rings (SSSR count). The van der Waals surface area contributed by atoms with Gasteiger partial charge in [-0.15, -0.1) is 12.4 Å². The van der Waals surface area contributed by atoms with Crippen molar-refractivity contribution >= 4 is 35.6 Å². The van der Waals surface area contributed by atoms with Crippen molar-refractivity contribution in [1.82, 2.24) is 14.5 Å². The molecule has 25 heavy (non-hydrogen) atoms. The Kier molecular flexibility index (Phi) is 4.96. The number of benzene rings is 2. The van der Waals surface area contributed by atoms with E-state index in [2.05, 4.69) is 59.0 Å². The van der Waals surface area contributed by atoms with Crippen LogP contribution in [0.25, 0.3) is 29.0 Å². The number of imidazole rings is 1. The van der Waals surface area contributed by atoms with Gasteiger partial charge in [0.2, 0.25) is 0 Å². The third-order valence-electron chi connectivity index (χ3n) is 4.07. The van der Waals surface area contributed by atoms with Gasteiger partial charge in [-0.25, -0.2) is 9.97 Å². The molecule has 124 valence electrons. The maximum Gasteiger partial charge on any atom is 0.139 e. The summed E-state index contributed by atoms with van der Waals surface area (Å²) in [5.74, 6) is 1.74. The van der Waals surface area contributed by atoms with E-state index in [1.54, 1.807) is 6.20 Å². The molecule has 2 aromatic heterocycles. The van der Waals surface area contributed by atoms with Gasteiger partial charge in [-0.2, -0.15) is 0 Å². The van der Waals surface area contributed by atoms with Gasteiger partial charge in [0.1, 0.15) is 11.6 Å². The molecule has 0 saturated heterocycles. The Morgan fingerprint density at radius 1 is 0.840 bits per heavy atom. The first-order valence-corrected chi connectivity index (χ1v) is 7.95. The van der Waals surface area contributed by atoms with Crippen LogP contribution < -0.4 is 0 Å². The van der Waals surface area contributed by atoms with Crippen LogP contribution in [0, 0.1) is 6.92 Å². The first kappa shape index (κ1) is 16.9. The summed E-state index contributed by atoms with van der Waals surface area (Å²) < 4.78 is 2.09. The Hall–Kier alpha value is -2.91. The van der Waals surface area contributed by atoms with Gasteiger partial charge in [0.15, 0.2) is 0 Å². The standard InChI is InChI=1S/C21H17N3.ClH/c1-16-8-2-3-9-17(16)13-14-21-23-18-10-4-5-11-19(18)24(21)20-12-6-7-15-22-20;/h2-15H,1H3;1H. The van der Waals surface area contributed by atoms with Crippen molar-refractivity contribution in [1.29, 1.82) is 0 Å². The molecule has 3 nitrogen and oxygen atoms in total. The van der Waals surface area contributed by atoms with Crippen LogP contribution >= 0.6 is 12.4 Å². The van der Waals surface area contributed by atoms with Crippen molar-refractivity contribution in [3.63, 3.8) is 0 Å². The number of rotatable bonds is 3. The second-order valence-electron chi connectivity index (χ2n) is 5.67. The molecule has 0 unspecified atom stereocenters. The molecular weight excluding hydrogens is 330 g/mol. The lowest BCUT2D eigenvalue weighted by molar-refractivity contribution is 1.00. The maximum absolute atomic E-state index is 4.77. The summed E-state index contributed by atoms with van der Waals surface area (Å²) >= 11 is 0. The highest BCUT2D eigenvalue weighted by atomic mass is 35.5. The third-order valence-corrected chi connectivity index (χ3v) is 4.07. The number of fused-ring (bicyclic) bond motifs is 1. The number of hydrogen-bond acceptors (Lipinski definition) is 2. The first-order chi connectivity index (χ1) is 11.8. The van der Waals surface area contributed by atoms with Crippen LogP contribution in [0.15, 0.2) is 72.9 Å². The summed E-state index contributed by atoms with van der Waals surface area (Å²) in [5, 5.41) is 0. The second-order valence-corrected chi connectivity index (χ2v) is 5.67. The van der Waals surface area contributed by atoms with E-state index < -0.39 is 0 Å². The van der Waals surface area contributed by atoms with Crippen LogP contribution in [-0.2, 0) is 0 Å². The van der Waals surface area contributed by atoms with E-state index in [9.17, 15) is 0 Å². The van der Waals surface area contributed by atoms with Gasteiger partial charge in [-0.3, -0.25) is 4.57 Å². The van der Waals surface area contributed by atoms with Gasteiger partial charge in [0.25, 0.3) is 0 Å². The second kappa shape index (κ2) is 7.32. The minimum Gasteiger partial charge on any atom is -0.277 e. The highest BCUT2D eigenvalue weighted by Crippen LogP contribution is 2.22. The SMILES string of the molecule is Cc1ccccc1C=Cc1nc2ccccc2n1-c1ccccn1.Cl. The van der Waals surface area contributed by atoms with Crippen molar-refractivity contribution in [3.05, 3.63) is 89.9 Å². The predicted octanol–water partition coefficient (Wildman–Crippen LogP) is 5.32. The molecule has 0 bridgehead atoms. The fraction of sp³-hybridized carbons (Fsp3) is 0.0476. The summed E-state index contributed by atoms with van der Waals surface area (Å²) in [7, 11) is 0. The molecule has 4 heteroatoms. The topological polar surface area (TPSA) is 30.7 Å². The van der Waals surface area contributed by atoms with Crippen molar-refractivity contribution < 1.29 is 0 Å². The van der Waals surface area contributed by atoms with E-state index in [-0.39, 0.29) is 12.4 Å². The van der Waals surface area contributed by atoms with Crippen molar-refractivity contribution in [2.45, 2.75) is 6.92 Å². The predicted molar refractivity (Wildman–Crippen MR) is 106 cm³/mol. The Morgan fingerprint density at radius 2 is 1.60 bits per heavy atom. The molecule has 0 atom stereocenters. The maximum atomic E-state index is 4.77. The number of nitrogens with zero attached hydrogens (tertiary/aromatic N) is 3. The van der Waals surface area contributed by atoms with Crippen LogP contribution in [0.2, 0.25) is 0 Å². The molecule has 4 aromatic rings. The molecular formula is C21H18ClN3. The van der Waals surface area contributed by atoms with E-state index in [0.717, 1.165) is 22.7 Å². The van der Waals surface area contributed by atoms with Gasteiger partial charge in [0.05, 0.1) is 11.0 Å². The van der Waals surface area contributed by atoms with Crippen LogP contribution in [-0.4, -0.2) is 14.5 Å². The molecule has 0 amide bonds. The Balaban J connectivity index is 0.00000182. The van der Waals surface area contributed by atoms with E-state index in [1.807, 2.05) is 36.4 Å². The Bertz CT molecular complexity index is 1020. The smallest absolute Gasteiger partial charge is 0.139 e. The molecule has 0 radical (unpaired) electrons. The zero-order chi connectivity index (χ0) is 16.4. The highest BCUT2D eigenvalue weighted by molar-refractivity contribution is 5.85. The normalized spacial score (nSPS) is 10.9. The monoisotopic (exact) mass is 347 g/mol. The van der Waals surface area contributed by atoms with E-state index in [4.69, 9.17) is 4.98 Å². The van der Waals surface area contributed by atoms with E-state index in [1.165, 1.54) is 11.1 Å². The molecule has 0 aliphatic rings. The van der Waals surface area contributed by atoms with Crippen molar-refractivity contribution in [3.8, 4) is 5.82 Å². The summed E-state index contributed by atoms with van der Waals surface area (Å²) in [5.41, 5.74) is 4.46. The lowest BCUT2D eigenvalue weighted by atomic mass is 10.1. The van der Waals surface area contributed by atoms with Gasteiger partial charge >= 0.3 is 0 Å². The largest absolute Gasteiger partial charge is 0.277 e. The fourth-order valence-electron chi connectivity index (χ4n) is 2.82. The van der Waals surface area contributed by atoms with E-state index >= 15 is 0 Å². The molecule has 0 spiro atoms. The average molecular weight is 348 g/mol. The zero-order valence-electron chi connectivity index (χ0n) is 13.8. The van der Waals surface area contributed by atoms with Gasteiger partial charge < -0.3 is 0 Å². The number of para-hydroxylation sites is 2. The third kappa shape index (κ3) is 3.32. The minimum absolute atomic E-state index is 0. The summed E-state index contributed by atoms with van der Waals surface area (Å²) in [6.45, 7) is 2.11. The zero-order valence-corrected chi connectivity index (χ0v) is 14.6. The quantitative estimate of drug-likeness (QED) is 0.502. The van der Waals surface area contributed by atoms with Gasteiger partial charge in [0, 0.05) is 6.20 Å². The lowest BCUT2D eigenvalue weighted by Gasteiger charge is -2.05. The summed E-state index contributed by atoms with van der Waals surface area (Å²) in [6.07, 6.45) is 5.96. The number of aromatic nitrogens is 3. The Labute approximate surface area is 153 Å². The van der Waals surface area contributed by atoms with Crippen molar-refractivity contribution in [2.24, 2.45) is 0 Å². The first-order valence-electron chi connectivity index (χ1n) is 7.95. The molecule has 2 heterocycles. The average Bonchev–Trinajstić information content (AvgIpc) is 3.00. The lowest BCUT2D eigenvalue weighted by Crippen LogP contribution is -1.99. The van der Waals surface area contributed by atoms with E-state index in [0.29, 0.717) is 0 Å².